The summed E-state index contributed by atoms with van der Waals surface area (Å²) in [6, 6.07) is 3.25. The fourth-order valence-corrected chi connectivity index (χ4v) is 3.54. The molecule has 146 valence electrons. The number of H-pyrrole nitrogens is 1. The molecule has 0 unspecified atom stereocenters. The molecule has 0 spiro atoms. The molecule has 0 aliphatic carbocycles. The van der Waals surface area contributed by atoms with Crippen LogP contribution in [0.15, 0.2) is 29.1 Å². The summed E-state index contributed by atoms with van der Waals surface area (Å²) in [5.41, 5.74) is 0.216. The number of benzene rings is 1. The van der Waals surface area contributed by atoms with Gasteiger partial charge < -0.3 is 4.98 Å². The summed E-state index contributed by atoms with van der Waals surface area (Å²) in [7, 11) is 0. The first-order chi connectivity index (χ1) is 13.2. The van der Waals surface area contributed by atoms with Crippen molar-refractivity contribution < 1.29 is 17.6 Å². The summed E-state index contributed by atoms with van der Waals surface area (Å²) in [6.07, 6.45) is -2.83. The number of hydrogen-bond donors (Lipinski definition) is 1. The molecule has 0 radical (unpaired) electrons. The normalized spacial score (nSPS) is 16.8. The third-order valence-electron chi connectivity index (χ3n) is 4.77. The van der Waals surface area contributed by atoms with Gasteiger partial charge in [0, 0.05) is 11.6 Å². The lowest BCUT2D eigenvalue weighted by molar-refractivity contribution is -0.137. The molecule has 1 N–H and O–H groups in total. The topological polar surface area (TPSA) is 76.5 Å². The van der Waals surface area contributed by atoms with Gasteiger partial charge in [0.15, 0.2) is 0 Å². The molecule has 1 atom stereocenters. The number of alkyl halides is 3. The van der Waals surface area contributed by atoms with E-state index >= 15 is 0 Å². The first kappa shape index (κ1) is 18.3. The number of nitrogens with one attached hydrogen (secondary N) is 1. The maximum absolute atomic E-state index is 14.5. The third kappa shape index (κ3) is 3.19. The van der Waals surface area contributed by atoms with E-state index in [1.165, 1.54) is 10.7 Å². The number of aromatic amines is 1. The van der Waals surface area contributed by atoms with Crippen molar-refractivity contribution in [1.82, 2.24) is 25.0 Å². The van der Waals surface area contributed by atoms with Crippen LogP contribution in [0.3, 0.4) is 0 Å². The van der Waals surface area contributed by atoms with Crippen molar-refractivity contribution in [2.75, 3.05) is 0 Å². The zero-order valence-corrected chi connectivity index (χ0v) is 14.7. The molecule has 6 nitrogen and oxygen atoms in total. The maximum Gasteiger partial charge on any atom is 0.416 e. The summed E-state index contributed by atoms with van der Waals surface area (Å²) in [5.74, 6) is -0.514. The summed E-state index contributed by atoms with van der Waals surface area (Å²) >= 11 is 0. The van der Waals surface area contributed by atoms with Crippen LogP contribution in [0.5, 0.6) is 0 Å². The molecule has 3 heterocycles. The van der Waals surface area contributed by atoms with Crippen molar-refractivity contribution in [3.8, 4) is 11.4 Å². The van der Waals surface area contributed by atoms with E-state index in [9.17, 15) is 22.4 Å². The Morgan fingerprint density at radius 2 is 2.04 bits per heavy atom. The lowest BCUT2D eigenvalue weighted by Gasteiger charge is -2.25. The van der Waals surface area contributed by atoms with Crippen LogP contribution >= 0.6 is 0 Å². The van der Waals surface area contributed by atoms with Gasteiger partial charge >= 0.3 is 6.18 Å². The fourth-order valence-electron chi connectivity index (χ4n) is 3.54. The van der Waals surface area contributed by atoms with Crippen molar-refractivity contribution in [3.63, 3.8) is 0 Å². The average Bonchev–Trinajstić information content (AvgIpc) is 3.04. The molecule has 0 bridgehead atoms. The molecular formula is C18H15F4N5O. The number of halogens is 4. The lowest BCUT2D eigenvalue weighted by Crippen LogP contribution is -2.21. The minimum absolute atomic E-state index is 0.125. The molecule has 0 saturated carbocycles. The van der Waals surface area contributed by atoms with Crippen LogP contribution in [0.4, 0.5) is 17.6 Å². The summed E-state index contributed by atoms with van der Waals surface area (Å²) in [4.78, 5) is 18.5. The molecule has 28 heavy (non-hydrogen) atoms. The number of fused-ring (bicyclic) bond motifs is 1. The van der Waals surface area contributed by atoms with Gasteiger partial charge in [-0.3, -0.25) is 4.79 Å². The zero-order chi connectivity index (χ0) is 20.1. The van der Waals surface area contributed by atoms with Crippen LogP contribution < -0.4 is 5.56 Å². The Kier molecular flexibility index (Phi) is 4.28. The van der Waals surface area contributed by atoms with Gasteiger partial charge in [0.2, 0.25) is 0 Å². The van der Waals surface area contributed by atoms with Gasteiger partial charge in [-0.2, -0.15) is 13.2 Å². The number of aromatic nitrogens is 5. The van der Waals surface area contributed by atoms with E-state index in [2.05, 4.69) is 20.3 Å². The van der Waals surface area contributed by atoms with E-state index in [0.29, 0.717) is 48.2 Å². The fraction of sp³-hybridized carbons (Fsp3) is 0.333. The van der Waals surface area contributed by atoms with E-state index in [4.69, 9.17) is 0 Å². The largest absolute Gasteiger partial charge is 0.416 e. The van der Waals surface area contributed by atoms with E-state index < -0.39 is 23.6 Å². The van der Waals surface area contributed by atoms with Crippen LogP contribution in [-0.2, 0) is 12.6 Å². The highest BCUT2D eigenvalue weighted by Gasteiger charge is 2.33. The van der Waals surface area contributed by atoms with Gasteiger partial charge in [-0.25, -0.2) is 14.1 Å². The van der Waals surface area contributed by atoms with Gasteiger partial charge in [0.05, 0.1) is 17.3 Å². The highest BCUT2D eigenvalue weighted by molar-refractivity contribution is 5.56. The second kappa shape index (κ2) is 6.54. The zero-order valence-electron chi connectivity index (χ0n) is 14.7. The Bertz CT molecular complexity index is 1100. The smallest absolute Gasteiger partial charge is 0.311 e. The second-order valence-corrected chi connectivity index (χ2v) is 6.69. The standard InChI is InChI=1S/C18H15F4N5O/c1-9-23-13(8-16(28)24-9)17-15-4-2-3-14(27(15)26-25-17)11-6-5-10(7-12(11)19)18(20,21)22/h5-8,14H,2-4H2,1H3,(H,23,24,28)/t14-/m1/s1. The Hall–Kier alpha value is -3.04. The Morgan fingerprint density at radius 1 is 1.25 bits per heavy atom. The number of rotatable bonds is 2. The molecule has 0 saturated heterocycles. The summed E-state index contributed by atoms with van der Waals surface area (Å²) < 4.78 is 54.4. The van der Waals surface area contributed by atoms with E-state index in [1.807, 2.05) is 0 Å². The molecule has 1 aliphatic rings. The third-order valence-corrected chi connectivity index (χ3v) is 4.77. The van der Waals surface area contributed by atoms with E-state index in [1.54, 1.807) is 6.92 Å². The van der Waals surface area contributed by atoms with Crippen LogP contribution in [0, 0.1) is 12.7 Å². The molecule has 0 fully saturated rings. The van der Waals surface area contributed by atoms with Crippen LogP contribution in [0.2, 0.25) is 0 Å². The highest BCUT2D eigenvalue weighted by Crippen LogP contribution is 2.36. The predicted octanol–water partition coefficient (Wildman–Crippen LogP) is 3.42. The number of aryl methyl sites for hydroxylation is 1. The lowest BCUT2D eigenvalue weighted by atomic mass is 9.94. The highest BCUT2D eigenvalue weighted by atomic mass is 19.4. The van der Waals surface area contributed by atoms with Crippen molar-refractivity contribution in [1.29, 1.82) is 0 Å². The van der Waals surface area contributed by atoms with Crippen LogP contribution in [0.25, 0.3) is 11.4 Å². The minimum Gasteiger partial charge on any atom is -0.311 e. The van der Waals surface area contributed by atoms with Crippen molar-refractivity contribution in [2.45, 2.75) is 38.4 Å². The van der Waals surface area contributed by atoms with Crippen molar-refractivity contribution in [2.24, 2.45) is 0 Å². The number of hydrogen-bond acceptors (Lipinski definition) is 4. The van der Waals surface area contributed by atoms with Crippen LogP contribution in [0.1, 0.15) is 41.5 Å². The van der Waals surface area contributed by atoms with Gasteiger partial charge in [-0.15, -0.1) is 5.10 Å². The first-order valence-electron chi connectivity index (χ1n) is 8.63. The predicted molar refractivity (Wildman–Crippen MR) is 91.1 cm³/mol. The van der Waals surface area contributed by atoms with Crippen molar-refractivity contribution >= 4 is 0 Å². The first-order valence-corrected chi connectivity index (χ1v) is 8.63. The molecule has 1 aromatic carbocycles. The molecule has 10 heteroatoms. The maximum atomic E-state index is 14.5. The van der Waals surface area contributed by atoms with Gasteiger partial charge in [-0.05, 0) is 38.3 Å². The molecule has 4 rings (SSSR count). The minimum atomic E-state index is -4.61. The van der Waals surface area contributed by atoms with Gasteiger partial charge in [-0.1, -0.05) is 11.3 Å². The molecular weight excluding hydrogens is 378 g/mol. The summed E-state index contributed by atoms with van der Waals surface area (Å²) in [5, 5.41) is 8.20. The molecule has 2 aromatic heterocycles. The Balaban J connectivity index is 1.77. The SMILES string of the molecule is Cc1nc(-c2nnn3c2CCC[C@@H]3c2ccc(C(F)(F)F)cc2F)cc(=O)[nH]1. The average molecular weight is 393 g/mol. The van der Waals surface area contributed by atoms with Crippen LogP contribution in [-0.4, -0.2) is 25.0 Å². The molecule has 0 amide bonds. The van der Waals surface area contributed by atoms with Gasteiger partial charge in [0.1, 0.15) is 23.0 Å². The quantitative estimate of drug-likeness (QED) is 0.677. The van der Waals surface area contributed by atoms with E-state index in [-0.39, 0.29) is 11.1 Å². The molecule has 3 aromatic rings. The van der Waals surface area contributed by atoms with Crippen molar-refractivity contribution in [3.05, 3.63) is 63.1 Å². The molecule has 1 aliphatic heterocycles. The second-order valence-electron chi connectivity index (χ2n) is 6.69. The van der Waals surface area contributed by atoms with E-state index in [0.717, 1.165) is 12.1 Å². The Labute approximate surface area is 156 Å². The Morgan fingerprint density at radius 3 is 2.71 bits per heavy atom. The summed E-state index contributed by atoms with van der Waals surface area (Å²) in [6.45, 7) is 1.64. The monoisotopic (exact) mass is 393 g/mol. The van der Waals surface area contributed by atoms with Gasteiger partial charge in [0.25, 0.3) is 5.56 Å². The number of nitrogens with zero attached hydrogens (tertiary/aromatic N) is 4.